The molecule has 2 aromatic carbocycles. The molecule has 1 N–H and O–H groups in total. The molecule has 0 saturated carbocycles. The first-order chi connectivity index (χ1) is 13.3. The summed E-state index contributed by atoms with van der Waals surface area (Å²) >= 11 is 6.01. The Bertz CT molecular complexity index is 828. The molecule has 28 heavy (non-hydrogen) atoms. The van der Waals surface area contributed by atoms with Gasteiger partial charge in [-0.2, -0.15) is 0 Å². The highest BCUT2D eigenvalue weighted by Crippen LogP contribution is 2.17. The Morgan fingerprint density at radius 3 is 2.50 bits per heavy atom. The van der Waals surface area contributed by atoms with Crippen LogP contribution in [0.15, 0.2) is 48.5 Å². The van der Waals surface area contributed by atoms with Gasteiger partial charge in [0.05, 0.1) is 6.42 Å². The summed E-state index contributed by atoms with van der Waals surface area (Å²) in [6, 6.07) is 12.5. The summed E-state index contributed by atoms with van der Waals surface area (Å²) in [4.78, 5) is 27.1. The maximum atomic E-state index is 14.2. The van der Waals surface area contributed by atoms with Crippen molar-refractivity contribution < 1.29 is 14.0 Å². The van der Waals surface area contributed by atoms with Crippen molar-refractivity contribution in [2.45, 2.75) is 52.2 Å². The second-order valence-corrected chi connectivity index (χ2v) is 7.35. The molecule has 0 bridgehead atoms. The van der Waals surface area contributed by atoms with E-state index in [9.17, 15) is 14.0 Å². The third-order valence-electron chi connectivity index (χ3n) is 4.71. The van der Waals surface area contributed by atoms with Gasteiger partial charge in [0.25, 0.3) is 0 Å². The van der Waals surface area contributed by atoms with Crippen LogP contribution < -0.4 is 5.32 Å². The number of rotatable bonds is 8. The summed E-state index contributed by atoms with van der Waals surface area (Å²) in [5.74, 6) is -0.931. The molecule has 0 aliphatic carbocycles. The average Bonchev–Trinajstić information content (AvgIpc) is 2.66. The van der Waals surface area contributed by atoms with E-state index >= 15 is 0 Å². The fourth-order valence-electron chi connectivity index (χ4n) is 2.78. The van der Waals surface area contributed by atoms with Gasteiger partial charge in [0, 0.05) is 23.2 Å². The van der Waals surface area contributed by atoms with Gasteiger partial charge in [0.2, 0.25) is 11.8 Å². The Labute approximate surface area is 170 Å². The molecule has 0 aliphatic rings. The van der Waals surface area contributed by atoms with Gasteiger partial charge in [-0.1, -0.05) is 48.9 Å². The lowest BCUT2D eigenvalue weighted by Crippen LogP contribution is -2.50. The number of benzene rings is 2. The minimum Gasteiger partial charge on any atom is -0.352 e. The van der Waals surface area contributed by atoms with Crippen LogP contribution in [-0.2, 0) is 22.6 Å². The second-order valence-electron chi connectivity index (χ2n) is 6.91. The van der Waals surface area contributed by atoms with Crippen molar-refractivity contribution in [3.8, 4) is 0 Å². The standard InChI is InChI=1S/C22H26ClFN2O2/c1-4-15(2)25-22(28)16(3)26(14-18-9-5-6-11-20(18)24)21(27)13-17-8-7-10-19(23)12-17/h5-12,15-16H,4,13-14H2,1-3H3,(H,25,28)/t15-,16+/m1/s1. The first-order valence-corrected chi connectivity index (χ1v) is 9.77. The van der Waals surface area contributed by atoms with E-state index in [1.807, 2.05) is 13.8 Å². The first kappa shape index (κ1) is 21.9. The normalized spacial score (nSPS) is 12.9. The smallest absolute Gasteiger partial charge is 0.242 e. The van der Waals surface area contributed by atoms with Crippen molar-refractivity contribution >= 4 is 23.4 Å². The van der Waals surface area contributed by atoms with Crippen LogP contribution in [0.3, 0.4) is 0 Å². The van der Waals surface area contributed by atoms with Crippen LogP contribution >= 0.6 is 11.6 Å². The molecule has 0 fully saturated rings. The lowest BCUT2D eigenvalue weighted by Gasteiger charge is -2.30. The van der Waals surface area contributed by atoms with E-state index in [1.54, 1.807) is 49.4 Å². The molecule has 0 aliphatic heterocycles. The van der Waals surface area contributed by atoms with E-state index in [0.29, 0.717) is 10.6 Å². The van der Waals surface area contributed by atoms with Crippen LogP contribution in [0.4, 0.5) is 4.39 Å². The lowest BCUT2D eigenvalue weighted by atomic mass is 10.1. The molecule has 2 atom stereocenters. The van der Waals surface area contributed by atoms with Gasteiger partial charge in [0.1, 0.15) is 11.9 Å². The zero-order valence-electron chi connectivity index (χ0n) is 16.4. The minimum absolute atomic E-state index is 0.00621. The van der Waals surface area contributed by atoms with Gasteiger partial charge < -0.3 is 10.2 Å². The van der Waals surface area contributed by atoms with Gasteiger partial charge in [-0.15, -0.1) is 0 Å². The number of hydrogen-bond donors (Lipinski definition) is 1. The first-order valence-electron chi connectivity index (χ1n) is 9.39. The summed E-state index contributed by atoms with van der Waals surface area (Å²) in [7, 11) is 0. The molecule has 0 unspecified atom stereocenters. The average molecular weight is 405 g/mol. The summed E-state index contributed by atoms with van der Waals surface area (Å²) in [5, 5.41) is 3.43. The maximum absolute atomic E-state index is 14.2. The predicted octanol–water partition coefficient (Wildman–Crippen LogP) is 4.35. The van der Waals surface area contributed by atoms with Crippen LogP contribution in [0.25, 0.3) is 0 Å². The molecule has 0 saturated heterocycles. The highest BCUT2D eigenvalue weighted by Gasteiger charge is 2.27. The molecule has 2 aromatic rings. The molecule has 0 radical (unpaired) electrons. The summed E-state index contributed by atoms with van der Waals surface area (Å²) in [6.45, 7) is 5.55. The predicted molar refractivity (Wildman–Crippen MR) is 109 cm³/mol. The Balaban J connectivity index is 2.25. The van der Waals surface area contributed by atoms with Crippen LogP contribution in [0.2, 0.25) is 5.02 Å². The van der Waals surface area contributed by atoms with Crippen molar-refractivity contribution in [2.75, 3.05) is 0 Å². The fraction of sp³-hybridized carbons (Fsp3) is 0.364. The Morgan fingerprint density at radius 2 is 1.86 bits per heavy atom. The SMILES string of the molecule is CC[C@@H](C)NC(=O)[C@H](C)N(Cc1ccccc1F)C(=O)Cc1cccc(Cl)c1. The van der Waals surface area contributed by atoms with Gasteiger partial charge in [-0.05, 0) is 44.0 Å². The van der Waals surface area contributed by atoms with Crippen molar-refractivity contribution in [3.05, 3.63) is 70.5 Å². The molecule has 2 amide bonds. The van der Waals surface area contributed by atoms with Crippen LogP contribution in [0, 0.1) is 5.82 Å². The van der Waals surface area contributed by atoms with Crippen LogP contribution in [-0.4, -0.2) is 28.8 Å². The molecule has 0 heterocycles. The topological polar surface area (TPSA) is 49.4 Å². The zero-order valence-corrected chi connectivity index (χ0v) is 17.2. The van der Waals surface area contributed by atoms with Gasteiger partial charge in [-0.3, -0.25) is 9.59 Å². The van der Waals surface area contributed by atoms with E-state index in [-0.39, 0.29) is 30.8 Å². The highest BCUT2D eigenvalue weighted by atomic mass is 35.5. The van der Waals surface area contributed by atoms with Gasteiger partial charge >= 0.3 is 0 Å². The Hall–Kier alpha value is -2.40. The van der Waals surface area contributed by atoms with E-state index < -0.39 is 11.9 Å². The number of amides is 2. The number of carbonyl (C=O) groups is 2. The van der Waals surface area contributed by atoms with Crippen molar-refractivity contribution in [1.82, 2.24) is 10.2 Å². The van der Waals surface area contributed by atoms with E-state index in [2.05, 4.69) is 5.32 Å². The van der Waals surface area contributed by atoms with E-state index in [1.165, 1.54) is 11.0 Å². The molecule has 0 aromatic heterocycles. The van der Waals surface area contributed by atoms with Gasteiger partial charge in [0.15, 0.2) is 0 Å². The molecule has 2 rings (SSSR count). The quantitative estimate of drug-likeness (QED) is 0.710. The zero-order chi connectivity index (χ0) is 20.7. The number of hydrogen-bond acceptors (Lipinski definition) is 2. The van der Waals surface area contributed by atoms with E-state index in [0.717, 1.165) is 12.0 Å². The molecule has 0 spiro atoms. The molecular weight excluding hydrogens is 379 g/mol. The minimum atomic E-state index is -0.736. The number of nitrogens with zero attached hydrogens (tertiary/aromatic N) is 1. The Morgan fingerprint density at radius 1 is 1.14 bits per heavy atom. The maximum Gasteiger partial charge on any atom is 0.242 e. The monoisotopic (exact) mass is 404 g/mol. The van der Waals surface area contributed by atoms with Crippen LogP contribution in [0.1, 0.15) is 38.3 Å². The summed E-state index contributed by atoms with van der Waals surface area (Å²) < 4.78 is 14.2. The summed E-state index contributed by atoms with van der Waals surface area (Å²) in [5.41, 5.74) is 1.11. The highest BCUT2D eigenvalue weighted by molar-refractivity contribution is 6.30. The van der Waals surface area contributed by atoms with Crippen molar-refractivity contribution in [2.24, 2.45) is 0 Å². The third-order valence-corrected chi connectivity index (χ3v) is 4.95. The number of nitrogens with one attached hydrogen (secondary N) is 1. The molecule has 150 valence electrons. The van der Waals surface area contributed by atoms with Gasteiger partial charge in [-0.25, -0.2) is 4.39 Å². The number of halogens is 2. The van der Waals surface area contributed by atoms with Crippen molar-refractivity contribution in [3.63, 3.8) is 0 Å². The second kappa shape index (κ2) is 10.2. The number of carbonyl (C=O) groups excluding carboxylic acids is 2. The largest absolute Gasteiger partial charge is 0.352 e. The van der Waals surface area contributed by atoms with Crippen molar-refractivity contribution in [1.29, 1.82) is 0 Å². The molecule has 6 heteroatoms. The van der Waals surface area contributed by atoms with Crippen LogP contribution in [0.5, 0.6) is 0 Å². The van der Waals surface area contributed by atoms with E-state index in [4.69, 9.17) is 11.6 Å². The fourth-order valence-corrected chi connectivity index (χ4v) is 2.99. The molecular formula is C22H26ClFN2O2. The lowest BCUT2D eigenvalue weighted by molar-refractivity contribution is -0.140. The molecule has 4 nitrogen and oxygen atoms in total. The third kappa shape index (κ3) is 6.06. The summed E-state index contributed by atoms with van der Waals surface area (Å²) in [6.07, 6.45) is 0.859. The Kier molecular flexibility index (Phi) is 8.00.